The number of hydrogen-bond acceptors (Lipinski definition) is 4. The molecule has 2 fully saturated rings. The lowest BCUT2D eigenvalue weighted by molar-refractivity contribution is -0.147. The molecule has 2 bridgehead atoms. The van der Waals surface area contributed by atoms with Gasteiger partial charge in [-0.05, 0) is 31.5 Å². The van der Waals surface area contributed by atoms with Gasteiger partial charge in [0.25, 0.3) is 0 Å². The average Bonchev–Trinajstić information content (AvgIpc) is 2.77. The number of carboxylic acid groups (broad SMARTS) is 1. The summed E-state index contributed by atoms with van der Waals surface area (Å²) in [6.45, 7) is 3.65. The van der Waals surface area contributed by atoms with Crippen LogP contribution in [0.5, 0.6) is 0 Å². The van der Waals surface area contributed by atoms with Gasteiger partial charge < -0.3 is 14.9 Å². The number of hydrogen-bond donors (Lipinski definition) is 2. The largest absolute Gasteiger partial charge is 0.481 e. The fourth-order valence-corrected chi connectivity index (χ4v) is 3.62. The highest BCUT2D eigenvalue weighted by Gasteiger charge is 2.63. The highest BCUT2D eigenvalue weighted by molar-refractivity contribution is 5.74. The van der Waals surface area contributed by atoms with Gasteiger partial charge in [0.05, 0.1) is 23.7 Å². The Bertz CT molecular complexity index is 532. The third-order valence-corrected chi connectivity index (χ3v) is 4.34. The number of aliphatic hydroxyl groups is 1. The van der Waals surface area contributed by atoms with E-state index in [9.17, 15) is 15.0 Å². The minimum absolute atomic E-state index is 0.312. The van der Waals surface area contributed by atoms with Crippen LogP contribution in [0.15, 0.2) is 18.3 Å². The Hall–Kier alpha value is -1.46. The van der Waals surface area contributed by atoms with E-state index in [2.05, 4.69) is 4.98 Å². The predicted molar refractivity (Wildman–Crippen MR) is 66.7 cm³/mol. The van der Waals surface area contributed by atoms with E-state index in [1.807, 2.05) is 19.1 Å². The van der Waals surface area contributed by atoms with Gasteiger partial charge in [-0.2, -0.15) is 0 Å². The van der Waals surface area contributed by atoms with Gasteiger partial charge in [0.2, 0.25) is 0 Å². The van der Waals surface area contributed by atoms with Crippen molar-refractivity contribution < 1.29 is 19.7 Å². The molecule has 2 aliphatic heterocycles. The summed E-state index contributed by atoms with van der Waals surface area (Å²) in [7, 11) is 0. The van der Waals surface area contributed by atoms with Crippen LogP contribution >= 0.6 is 0 Å². The molecule has 0 unspecified atom stereocenters. The van der Waals surface area contributed by atoms with E-state index < -0.39 is 29.7 Å². The summed E-state index contributed by atoms with van der Waals surface area (Å²) in [4.78, 5) is 15.7. The number of aromatic nitrogens is 1. The summed E-state index contributed by atoms with van der Waals surface area (Å²) in [5, 5.41) is 19.6. The highest BCUT2D eigenvalue weighted by atomic mass is 16.5. The van der Waals surface area contributed by atoms with E-state index in [1.54, 1.807) is 13.1 Å². The molecule has 3 heterocycles. The van der Waals surface area contributed by atoms with Crippen LogP contribution in [-0.2, 0) is 9.53 Å². The van der Waals surface area contributed by atoms with Gasteiger partial charge in [-0.1, -0.05) is 0 Å². The third-order valence-electron chi connectivity index (χ3n) is 4.34. The second kappa shape index (κ2) is 4.02. The molecule has 5 heteroatoms. The van der Waals surface area contributed by atoms with E-state index >= 15 is 0 Å². The molecule has 0 radical (unpaired) electrons. The lowest BCUT2D eigenvalue weighted by Crippen LogP contribution is -2.44. The maximum absolute atomic E-state index is 11.6. The third kappa shape index (κ3) is 1.76. The van der Waals surface area contributed by atoms with Crippen LogP contribution in [0.1, 0.15) is 30.5 Å². The van der Waals surface area contributed by atoms with E-state index in [0.717, 1.165) is 11.3 Å². The zero-order valence-corrected chi connectivity index (χ0v) is 10.9. The molecule has 0 aromatic carbocycles. The van der Waals surface area contributed by atoms with Crippen molar-refractivity contribution in [2.24, 2.45) is 5.92 Å². The highest BCUT2D eigenvalue weighted by Crippen LogP contribution is 2.55. The van der Waals surface area contributed by atoms with Gasteiger partial charge in [-0.3, -0.25) is 9.78 Å². The van der Waals surface area contributed by atoms with Crippen molar-refractivity contribution in [2.75, 3.05) is 0 Å². The minimum Gasteiger partial charge on any atom is -0.481 e. The Kier molecular flexibility index (Phi) is 2.66. The number of rotatable bonds is 2. The molecule has 5 nitrogen and oxygen atoms in total. The fraction of sp³-hybridized carbons (Fsp3) is 0.571. The standard InChI is InChI=1S/C14H17NO4/c1-7-5-8(3-4-15-7)10-11(13(17)18)14(2)6-9(16)12(10)19-14/h3-5,9-12,16H,6H2,1-2H3,(H,17,18)/t9-,10+,11-,12-,14+/m0/s1. The number of aliphatic carboxylic acids is 1. The molecule has 0 saturated carbocycles. The van der Waals surface area contributed by atoms with Crippen LogP contribution in [-0.4, -0.2) is 39.0 Å². The molecule has 1 aromatic rings. The van der Waals surface area contributed by atoms with Crippen LogP contribution in [0.2, 0.25) is 0 Å². The molecule has 3 rings (SSSR count). The van der Waals surface area contributed by atoms with Crippen molar-refractivity contribution in [3.05, 3.63) is 29.6 Å². The molecule has 1 aromatic heterocycles. The molecular formula is C14H17NO4. The Morgan fingerprint density at radius 2 is 2.32 bits per heavy atom. The second-order valence-corrected chi connectivity index (χ2v) is 5.74. The van der Waals surface area contributed by atoms with E-state index in [1.165, 1.54) is 0 Å². The zero-order chi connectivity index (χ0) is 13.8. The van der Waals surface area contributed by atoms with Gasteiger partial charge in [-0.25, -0.2) is 0 Å². The van der Waals surface area contributed by atoms with E-state index in [-0.39, 0.29) is 5.92 Å². The van der Waals surface area contributed by atoms with Crippen LogP contribution in [0, 0.1) is 12.8 Å². The molecule has 102 valence electrons. The lowest BCUT2D eigenvalue weighted by Gasteiger charge is -2.33. The van der Waals surface area contributed by atoms with Crippen LogP contribution in [0.25, 0.3) is 0 Å². The maximum Gasteiger partial charge on any atom is 0.310 e. The predicted octanol–water partition coefficient (Wildman–Crippen LogP) is 1.10. The fourth-order valence-electron chi connectivity index (χ4n) is 3.62. The first-order valence-electron chi connectivity index (χ1n) is 6.43. The molecule has 5 atom stereocenters. The molecule has 19 heavy (non-hydrogen) atoms. The molecule has 2 N–H and O–H groups in total. The molecule has 0 spiro atoms. The summed E-state index contributed by atoms with van der Waals surface area (Å²) >= 11 is 0. The van der Waals surface area contributed by atoms with Gasteiger partial charge in [0.15, 0.2) is 0 Å². The number of aryl methyl sites for hydroxylation is 1. The SMILES string of the molecule is Cc1cc([C@H]2[C@H]3O[C@](C)(C[C@@H]3O)[C@@H]2C(=O)O)ccn1. The molecule has 0 amide bonds. The van der Waals surface area contributed by atoms with E-state index in [0.29, 0.717) is 6.42 Å². The number of carboxylic acids is 1. The van der Waals surface area contributed by atoms with Crippen molar-refractivity contribution in [2.45, 2.75) is 44.0 Å². The normalized spacial score (nSPS) is 40.6. The minimum atomic E-state index is -0.864. The number of ether oxygens (including phenoxy) is 1. The number of aliphatic hydroxyl groups excluding tert-OH is 1. The molecule has 2 aliphatic rings. The van der Waals surface area contributed by atoms with Crippen molar-refractivity contribution in [3.63, 3.8) is 0 Å². The van der Waals surface area contributed by atoms with Crippen molar-refractivity contribution >= 4 is 5.97 Å². The maximum atomic E-state index is 11.6. The Labute approximate surface area is 111 Å². The summed E-state index contributed by atoms with van der Waals surface area (Å²) in [6, 6.07) is 3.69. The number of fused-ring (bicyclic) bond motifs is 2. The summed E-state index contributed by atoms with van der Waals surface area (Å²) in [6.07, 6.45) is 1.02. The Balaban J connectivity index is 2.06. The first-order valence-corrected chi connectivity index (χ1v) is 6.43. The molecular weight excluding hydrogens is 246 g/mol. The molecule has 0 aliphatic carbocycles. The van der Waals surface area contributed by atoms with Crippen molar-refractivity contribution in [3.8, 4) is 0 Å². The first-order chi connectivity index (χ1) is 8.92. The van der Waals surface area contributed by atoms with Gasteiger partial charge >= 0.3 is 5.97 Å². The van der Waals surface area contributed by atoms with Crippen LogP contribution in [0.4, 0.5) is 0 Å². The summed E-state index contributed by atoms with van der Waals surface area (Å²) in [5.74, 6) is -1.80. The van der Waals surface area contributed by atoms with Crippen LogP contribution in [0.3, 0.4) is 0 Å². The Morgan fingerprint density at radius 3 is 2.95 bits per heavy atom. The smallest absolute Gasteiger partial charge is 0.310 e. The van der Waals surface area contributed by atoms with E-state index in [4.69, 9.17) is 4.74 Å². The summed E-state index contributed by atoms with van der Waals surface area (Å²) in [5.41, 5.74) is 0.939. The number of nitrogens with zero attached hydrogens (tertiary/aromatic N) is 1. The zero-order valence-electron chi connectivity index (χ0n) is 10.9. The number of pyridine rings is 1. The lowest BCUT2D eigenvalue weighted by atomic mass is 9.69. The average molecular weight is 263 g/mol. The van der Waals surface area contributed by atoms with Gasteiger partial charge in [0, 0.05) is 24.2 Å². The van der Waals surface area contributed by atoms with Crippen molar-refractivity contribution in [1.82, 2.24) is 4.98 Å². The topological polar surface area (TPSA) is 79.7 Å². The monoisotopic (exact) mass is 263 g/mol. The second-order valence-electron chi connectivity index (χ2n) is 5.74. The van der Waals surface area contributed by atoms with Gasteiger partial charge in [0.1, 0.15) is 0 Å². The summed E-state index contributed by atoms with van der Waals surface area (Å²) < 4.78 is 5.80. The molecule has 2 saturated heterocycles. The Morgan fingerprint density at radius 1 is 1.58 bits per heavy atom. The first kappa shape index (κ1) is 12.6. The van der Waals surface area contributed by atoms with Gasteiger partial charge in [-0.15, -0.1) is 0 Å². The van der Waals surface area contributed by atoms with Crippen molar-refractivity contribution in [1.29, 1.82) is 0 Å². The number of carbonyl (C=O) groups is 1. The quantitative estimate of drug-likeness (QED) is 0.835. The van der Waals surface area contributed by atoms with Crippen LogP contribution < -0.4 is 0 Å².